The van der Waals surface area contributed by atoms with Gasteiger partial charge >= 0.3 is 0 Å². The van der Waals surface area contributed by atoms with E-state index in [2.05, 4.69) is 21.7 Å². The minimum Gasteiger partial charge on any atom is -0.379 e. The summed E-state index contributed by atoms with van der Waals surface area (Å²) in [4.78, 5) is 5.52. The smallest absolute Gasteiger partial charge is 0.131 e. The molecule has 0 aromatic carbocycles. The molecular weight excluding hydrogens is 391 g/mol. The molecule has 1 aliphatic carbocycles. The highest BCUT2D eigenvalue weighted by molar-refractivity contribution is 7.18. The summed E-state index contributed by atoms with van der Waals surface area (Å²) >= 11 is 15.4. The van der Waals surface area contributed by atoms with Crippen molar-refractivity contribution in [2.24, 2.45) is 0 Å². The molecule has 0 amide bonds. The number of nitrogens with one attached hydrogen (secondary N) is 1. The molecule has 0 atom stereocenters. The average molecular weight is 415 g/mol. The molecule has 0 saturated heterocycles. The maximum atomic E-state index is 6.08. The van der Waals surface area contributed by atoms with Crippen LogP contribution < -0.4 is 5.32 Å². The van der Waals surface area contributed by atoms with Gasteiger partial charge in [-0.15, -0.1) is 22.7 Å². The minimum absolute atomic E-state index is 0.455. The lowest BCUT2D eigenvalue weighted by atomic mass is 10.3. The molecule has 1 N–H and O–H groups in total. The Morgan fingerprint density at radius 1 is 1.08 bits per heavy atom. The lowest BCUT2D eigenvalue weighted by Crippen LogP contribution is -1.98. The van der Waals surface area contributed by atoms with Crippen LogP contribution in [0.1, 0.15) is 50.8 Å². The molecule has 0 unspecified atom stereocenters. The quantitative estimate of drug-likeness (QED) is 0.436. The summed E-state index contributed by atoms with van der Waals surface area (Å²) in [6.07, 6.45) is 7.50. The van der Waals surface area contributed by atoms with Crippen LogP contribution in [0, 0.1) is 0 Å². The first kappa shape index (κ1) is 20.5. The molecule has 3 aromatic heterocycles. The third-order valence-electron chi connectivity index (χ3n) is 3.73. The number of pyridine rings is 1. The number of halogens is 2. The summed E-state index contributed by atoms with van der Waals surface area (Å²) in [7, 11) is 0. The van der Waals surface area contributed by atoms with E-state index in [9.17, 15) is 0 Å². The Morgan fingerprint density at radius 2 is 1.76 bits per heavy atom. The molecule has 0 radical (unpaired) electrons. The van der Waals surface area contributed by atoms with Gasteiger partial charge in [0.05, 0.1) is 15.4 Å². The third kappa shape index (κ3) is 6.14. The Morgan fingerprint density at radius 3 is 2.36 bits per heavy atom. The largest absolute Gasteiger partial charge is 0.379 e. The predicted octanol–water partition coefficient (Wildman–Crippen LogP) is 8.25. The third-order valence-corrected chi connectivity index (χ3v) is 6.22. The van der Waals surface area contributed by atoms with Gasteiger partial charge in [-0.1, -0.05) is 75.2 Å². The van der Waals surface area contributed by atoms with Crippen molar-refractivity contribution in [2.75, 3.05) is 5.32 Å². The number of hydrogen-bond donors (Lipinski definition) is 1. The fraction of sp³-hybridized carbons (Fsp3) is 0.421. The van der Waals surface area contributed by atoms with Crippen LogP contribution in [0.25, 0.3) is 10.2 Å². The summed E-state index contributed by atoms with van der Waals surface area (Å²) in [5.41, 5.74) is 1.75. The minimum atomic E-state index is 0.455. The van der Waals surface area contributed by atoms with Gasteiger partial charge in [-0.2, -0.15) is 0 Å². The molecule has 136 valence electrons. The van der Waals surface area contributed by atoms with Crippen molar-refractivity contribution < 1.29 is 0 Å². The zero-order chi connectivity index (χ0) is 18.1. The molecule has 25 heavy (non-hydrogen) atoms. The fourth-order valence-corrected chi connectivity index (χ4v) is 4.58. The zero-order valence-corrected chi connectivity index (χ0v) is 17.8. The normalized spacial score (nSPS) is 13.0. The second-order valence-corrected chi connectivity index (χ2v) is 8.16. The summed E-state index contributed by atoms with van der Waals surface area (Å²) in [5.74, 6) is 0. The van der Waals surface area contributed by atoms with Gasteiger partial charge in [0.2, 0.25) is 0 Å². The molecule has 1 saturated carbocycles. The van der Waals surface area contributed by atoms with Crippen LogP contribution in [0.2, 0.25) is 10.2 Å². The fourth-order valence-electron chi connectivity index (χ4n) is 2.56. The lowest BCUT2D eigenvalue weighted by Gasteiger charge is -2.06. The van der Waals surface area contributed by atoms with Crippen molar-refractivity contribution in [3.63, 3.8) is 0 Å². The van der Waals surface area contributed by atoms with E-state index in [-0.39, 0.29) is 0 Å². The van der Waals surface area contributed by atoms with E-state index >= 15 is 0 Å². The Bertz CT molecular complexity index is 743. The maximum Gasteiger partial charge on any atom is 0.131 e. The van der Waals surface area contributed by atoms with Crippen LogP contribution in [0.5, 0.6) is 0 Å². The van der Waals surface area contributed by atoms with Crippen LogP contribution in [0.3, 0.4) is 0 Å². The zero-order valence-electron chi connectivity index (χ0n) is 14.6. The second-order valence-electron chi connectivity index (χ2n) is 5.45. The first-order valence-electron chi connectivity index (χ1n) is 8.73. The molecule has 0 aliphatic heterocycles. The van der Waals surface area contributed by atoms with Crippen molar-refractivity contribution >= 4 is 61.8 Å². The highest BCUT2D eigenvalue weighted by Crippen LogP contribution is 2.35. The second kappa shape index (κ2) is 11.0. The van der Waals surface area contributed by atoms with E-state index in [0.717, 1.165) is 22.4 Å². The molecule has 3 heterocycles. The molecule has 0 bridgehead atoms. The van der Waals surface area contributed by atoms with Crippen molar-refractivity contribution in [1.29, 1.82) is 0 Å². The first-order chi connectivity index (χ1) is 12.2. The van der Waals surface area contributed by atoms with Gasteiger partial charge in [0, 0.05) is 22.9 Å². The maximum absolute atomic E-state index is 6.08. The summed E-state index contributed by atoms with van der Waals surface area (Å²) in [6.45, 7) is 4.78. The van der Waals surface area contributed by atoms with Crippen LogP contribution >= 0.6 is 45.9 Å². The number of anilines is 1. The van der Waals surface area contributed by atoms with E-state index in [4.69, 9.17) is 23.2 Å². The molecule has 1 fully saturated rings. The number of aromatic nitrogens is 1. The van der Waals surface area contributed by atoms with Gasteiger partial charge in [0.1, 0.15) is 10.7 Å². The van der Waals surface area contributed by atoms with Gasteiger partial charge in [-0.25, -0.2) is 4.98 Å². The van der Waals surface area contributed by atoms with Crippen molar-refractivity contribution in [3.05, 3.63) is 44.0 Å². The highest BCUT2D eigenvalue weighted by atomic mass is 35.5. The van der Waals surface area contributed by atoms with Crippen LogP contribution in [-0.4, -0.2) is 4.98 Å². The standard InChI is InChI=1S/C12H8Cl2N2S2.C5H10.C2H6/c13-8-6-18-12-9(4-10(14)16-11(8)12)15-5-7-2-1-3-17-7;1-2-4-5-3-1;1-2/h1-4,6H,5H2,(H,15,16);1-5H2;1-2H3. The average Bonchev–Trinajstić information content (AvgIpc) is 3.40. The van der Waals surface area contributed by atoms with E-state index in [1.165, 1.54) is 37.0 Å². The predicted molar refractivity (Wildman–Crippen MR) is 116 cm³/mol. The van der Waals surface area contributed by atoms with Gasteiger partial charge in [-0.05, 0) is 11.4 Å². The number of nitrogens with zero attached hydrogens (tertiary/aromatic N) is 1. The monoisotopic (exact) mass is 414 g/mol. The first-order valence-corrected chi connectivity index (χ1v) is 11.2. The Balaban J connectivity index is 0.000000273. The topological polar surface area (TPSA) is 24.9 Å². The summed E-state index contributed by atoms with van der Waals surface area (Å²) in [5, 5.41) is 8.43. The van der Waals surface area contributed by atoms with Gasteiger partial charge in [0.15, 0.2) is 0 Å². The molecule has 6 heteroatoms. The van der Waals surface area contributed by atoms with E-state index < -0.39 is 0 Å². The van der Waals surface area contributed by atoms with Crippen LogP contribution in [0.15, 0.2) is 29.0 Å². The number of fused-ring (bicyclic) bond motifs is 1. The van der Waals surface area contributed by atoms with Gasteiger partial charge in [-0.3, -0.25) is 0 Å². The van der Waals surface area contributed by atoms with Crippen molar-refractivity contribution in [2.45, 2.75) is 52.5 Å². The molecule has 0 spiro atoms. The number of thiophene rings is 2. The number of hydrogen-bond acceptors (Lipinski definition) is 4. The van der Waals surface area contributed by atoms with E-state index in [0.29, 0.717) is 10.2 Å². The van der Waals surface area contributed by atoms with Gasteiger partial charge in [0.25, 0.3) is 0 Å². The summed E-state index contributed by atoms with van der Waals surface area (Å²) in [6, 6.07) is 5.97. The Labute approximate surface area is 168 Å². The Hall–Kier alpha value is -0.810. The molecular formula is C19H24Cl2N2S2. The molecule has 1 aliphatic rings. The number of rotatable bonds is 3. The van der Waals surface area contributed by atoms with Crippen molar-refractivity contribution in [1.82, 2.24) is 4.98 Å². The van der Waals surface area contributed by atoms with E-state index in [1.54, 1.807) is 22.7 Å². The molecule has 2 nitrogen and oxygen atoms in total. The van der Waals surface area contributed by atoms with Crippen LogP contribution in [-0.2, 0) is 6.54 Å². The highest BCUT2D eigenvalue weighted by Gasteiger charge is 2.10. The van der Waals surface area contributed by atoms with E-state index in [1.807, 2.05) is 31.4 Å². The Kier molecular flexibility index (Phi) is 9.04. The van der Waals surface area contributed by atoms with Crippen LogP contribution in [0.4, 0.5) is 5.69 Å². The molecule has 4 rings (SSSR count). The van der Waals surface area contributed by atoms with Crippen molar-refractivity contribution in [3.8, 4) is 0 Å². The SMILES string of the molecule is C1CCCC1.CC.Clc1cc(NCc2cccs2)c2scc(Cl)c2n1. The summed E-state index contributed by atoms with van der Waals surface area (Å²) < 4.78 is 1.04. The molecule has 3 aromatic rings. The van der Waals surface area contributed by atoms with Gasteiger partial charge < -0.3 is 5.32 Å². The lowest BCUT2D eigenvalue weighted by molar-refractivity contribution is 0.886.